The molecule has 2 heterocycles. The summed E-state index contributed by atoms with van der Waals surface area (Å²) in [5, 5.41) is 0.861. The van der Waals surface area contributed by atoms with Crippen LogP contribution in [-0.2, 0) is 14.8 Å². The van der Waals surface area contributed by atoms with Gasteiger partial charge in [0.25, 0.3) is 0 Å². The number of hydrogen-bond donors (Lipinski definition) is 0. The summed E-state index contributed by atoms with van der Waals surface area (Å²) < 4.78 is 37.3. The summed E-state index contributed by atoms with van der Waals surface area (Å²) in [6.07, 6.45) is -0.239. The smallest absolute Gasteiger partial charge is 0.338 e. The number of rotatable bonds is 6. The van der Waals surface area contributed by atoms with Crippen molar-refractivity contribution in [3.8, 4) is 5.75 Å². The van der Waals surface area contributed by atoms with Gasteiger partial charge in [-0.25, -0.2) is 22.5 Å². The highest BCUT2D eigenvalue weighted by atomic mass is 32.2. The molecule has 0 radical (unpaired) electrons. The van der Waals surface area contributed by atoms with Crippen LogP contribution >= 0.6 is 11.3 Å². The zero-order valence-electron chi connectivity index (χ0n) is 16.7. The van der Waals surface area contributed by atoms with E-state index < -0.39 is 16.0 Å². The van der Waals surface area contributed by atoms with Crippen LogP contribution in [0.5, 0.6) is 5.75 Å². The van der Waals surface area contributed by atoms with Gasteiger partial charge < -0.3 is 14.4 Å². The fourth-order valence-corrected chi connectivity index (χ4v) is 4.98. The zero-order valence-corrected chi connectivity index (χ0v) is 18.4. The van der Waals surface area contributed by atoms with Crippen molar-refractivity contribution >= 4 is 42.7 Å². The monoisotopic (exact) mass is 447 g/mol. The number of ether oxygens (including phenoxy) is 2. The highest BCUT2D eigenvalue weighted by Gasteiger charge is 2.32. The SMILES string of the molecule is COc1cccc2sc(N3CC(OC(=O)c4ccc(S(=O)(=O)N(C)C)cc4)C3)nc12. The van der Waals surface area contributed by atoms with Crippen molar-refractivity contribution in [1.29, 1.82) is 0 Å². The molecule has 0 amide bonds. The molecule has 1 saturated heterocycles. The van der Waals surface area contributed by atoms with E-state index in [1.165, 1.54) is 38.4 Å². The summed E-state index contributed by atoms with van der Waals surface area (Å²) in [6, 6.07) is 11.6. The first-order chi connectivity index (χ1) is 14.3. The lowest BCUT2D eigenvalue weighted by atomic mass is 10.2. The molecule has 0 atom stereocenters. The Balaban J connectivity index is 1.38. The quantitative estimate of drug-likeness (QED) is 0.537. The third kappa shape index (κ3) is 3.73. The number of nitrogens with zero attached hydrogens (tertiary/aromatic N) is 3. The predicted molar refractivity (Wildman–Crippen MR) is 115 cm³/mol. The number of thiazole rings is 1. The van der Waals surface area contributed by atoms with Crippen LogP contribution in [0.15, 0.2) is 47.4 Å². The van der Waals surface area contributed by atoms with Gasteiger partial charge in [-0.1, -0.05) is 17.4 Å². The van der Waals surface area contributed by atoms with Crippen LogP contribution in [0.2, 0.25) is 0 Å². The van der Waals surface area contributed by atoms with Crippen LogP contribution in [0.3, 0.4) is 0 Å². The summed E-state index contributed by atoms with van der Waals surface area (Å²) in [5.74, 6) is 0.262. The minimum atomic E-state index is -3.53. The number of methoxy groups -OCH3 is 1. The molecule has 1 fully saturated rings. The van der Waals surface area contributed by atoms with Crippen molar-refractivity contribution in [3.05, 3.63) is 48.0 Å². The summed E-state index contributed by atoms with van der Waals surface area (Å²) in [5.41, 5.74) is 1.14. The van der Waals surface area contributed by atoms with Crippen molar-refractivity contribution in [2.75, 3.05) is 39.2 Å². The average Bonchev–Trinajstić information content (AvgIpc) is 3.13. The van der Waals surface area contributed by atoms with Gasteiger partial charge in [0.2, 0.25) is 10.0 Å². The molecule has 0 spiro atoms. The van der Waals surface area contributed by atoms with Crippen LogP contribution in [0, 0.1) is 0 Å². The summed E-state index contributed by atoms with van der Waals surface area (Å²) >= 11 is 1.57. The Labute approximate surface area is 178 Å². The number of carbonyl (C=O) groups excluding carboxylic acids is 1. The van der Waals surface area contributed by atoms with Gasteiger partial charge in [-0.3, -0.25) is 0 Å². The van der Waals surface area contributed by atoms with Gasteiger partial charge in [0.05, 0.1) is 35.4 Å². The van der Waals surface area contributed by atoms with Crippen molar-refractivity contribution < 1.29 is 22.7 Å². The Morgan fingerprint density at radius 1 is 1.17 bits per heavy atom. The van der Waals surface area contributed by atoms with Gasteiger partial charge in [-0.15, -0.1) is 0 Å². The lowest BCUT2D eigenvalue weighted by Gasteiger charge is -2.38. The largest absolute Gasteiger partial charge is 0.494 e. The normalized spacial score (nSPS) is 14.7. The molecule has 0 N–H and O–H groups in total. The maximum atomic E-state index is 12.4. The van der Waals surface area contributed by atoms with Gasteiger partial charge >= 0.3 is 5.97 Å². The molecule has 0 saturated carbocycles. The fraction of sp³-hybridized carbons (Fsp3) is 0.300. The van der Waals surface area contributed by atoms with E-state index in [1.807, 2.05) is 18.2 Å². The summed E-state index contributed by atoms with van der Waals surface area (Å²) in [7, 11) is 1.01. The third-order valence-corrected chi connectivity index (χ3v) is 7.76. The lowest BCUT2D eigenvalue weighted by molar-refractivity contribution is 0.0234. The van der Waals surface area contributed by atoms with Crippen molar-refractivity contribution in [1.82, 2.24) is 9.29 Å². The minimum absolute atomic E-state index is 0.130. The lowest BCUT2D eigenvalue weighted by Crippen LogP contribution is -2.53. The molecule has 0 aliphatic carbocycles. The topological polar surface area (TPSA) is 89.0 Å². The standard InChI is InChI=1S/C20H21N3O5S2/c1-22(2)30(25,26)15-9-7-13(8-10-15)19(24)28-14-11-23(12-14)20-21-18-16(27-3)5-4-6-17(18)29-20/h4-10,14H,11-12H2,1-3H3. The molecule has 2 aromatic carbocycles. The molecule has 0 bridgehead atoms. The number of fused-ring (bicyclic) bond motifs is 1. The van der Waals surface area contributed by atoms with Crippen molar-refractivity contribution in [2.45, 2.75) is 11.0 Å². The number of sulfonamides is 1. The van der Waals surface area contributed by atoms with E-state index in [2.05, 4.69) is 9.88 Å². The molecule has 1 aliphatic rings. The van der Waals surface area contributed by atoms with Gasteiger partial charge in [-0.2, -0.15) is 0 Å². The molecule has 10 heteroatoms. The molecular weight excluding hydrogens is 426 g/mol. The van der Waals surface area contributed by atoms with E-state index in [4.69, 9.17) is 9.47 Å². The van der Waals surface area contributed by atoms with Crippen molar-refractivity contribution in [3.63, 3.8) is 0 Å². The van der Waals surface area contributed by atoms with E-state index in [1.54, 1.807) is 18.4 Å². The average molecular weight is 448 g/mol. The van der Waals surface area contributed by atoms with E-state index in [0.29, 0.717) is 18.7 Å². The Kier molecular flexibility index (Phi) is 5.39. The van der Waals surface area contributed by atoms with Crippen LogP contribution in [0.25, 0.3) is 10.2 Å². The Bertz CT molecular complexity index is 1180. The van der Waals surface area contributed by atoms with E-state index >= 15 is 0 Å². The van der Waals surface area contributed by atoms with Gasteiger partial charge in [-0.05, 0) is 36.4 Å². The van der Waals surface area contributed by atoms with E-state index in [-0.39, 0.29) is 11.0 Å². The maximum absolute atomic E-state index is 12.4. The van der Waals surface area contributed by atoms with Gasteiger partial charge in [0.1, 0.15) is 17.4 Å². The van der Waals surface area contributed by atoms with Gasteiger partial charge in [0, 0.05) is 14.1 Å². The number of carbonyl (C=O) groups is 1. The first-order valence-electron chi connectivity index (χ1n) is 9.21. The van der Waals surface area contributed by atoms with Crippen LogP contribution < -0.4 is 9.64 Å². The molecule has 1 aromatic heterocycles. The fourth-order valence-electron chi connectivity index (χ4n) is 3.07. The summed E-state index contributed by atoms with van der Waals surface area (Å²) in [4.78, 5) is 19.2. The Morgan fingerprint density at radius 3 is 2.50 bits per heavy atom. The number of anilines is 1. The molecule has 3 aromatic rings. The van der Waals surface area contributed by atoms with Gasteiger partial charge in [0.15, 0.2) is 5.13 Å². The number of hydrogen-bond acceptors (Lipinski definition) is 8. The van der Waals surface area contributed by atoms with Crippen LogP contribution in [0.1, 0.15) is 10.4 Å². The second kappa shape index (κ2) is 7.86. The number of para-hydroxylation sites is 1. The molecule has 1 aliphatic heterocycles. The first kappa shape index (κ1) is 20.6. The van der Waals surface area contributed by atoms with E-state index in [0.717, 1.165) is 25.4 Å². The zero-order chi connectivity index (χ0) is 21.5. The second-order valence-electron chi connectivity index (χ2n) is 7.05. The molecular formula is C20H21N3O5S2. The maximum Gasteiger partial charge on any atom is 0.338 e. The molecule has 0 unspecified atom stereocenters. The predicted octanol–water partition coefficient (Wildman–Crippen LogP) is 2.60. The number of aromatic nitrogens is 1. The summed E-state index contributed by atoms with van der Waals surface area (Å²) in [6.45, 7) is 1.11. The highest BCUT2D eigenvalue weighted by molar-refractivity contribution is 7.89. The third-order valence-electron chi connectivity index (χ3n) is 4.85. The van der Waals surface area contributed by atoms with Crippen LogP contribution in [0.4, 0.5) is 5.13 Å². The van der Waals surface area contributed by atoms with Crippen LogP contribution in [-0.4, -0.2) is 64.1 Å². The Hall–Kier alpha value is -2.69. The van der Waals surface area contributed by atoms with E-state index in [9.17, 15) is 13.2 Å². The number of benzene rings is 2. The number of esters is 1. The molecule has 158 valence electrons. The second-order valence-corrected chi connectivity index (χ2v) is 10.2. The first-order valence-corrected chi connectivity index (χ1v) is 11.5. The highest BCUT2D eigenvalue weighted by Crippen LogP contribution is 2.36. The Morgan fingerprint density at radius 2 is 1.87 bits per heavy atom. The minimum Gasteiger partial charge on any atom is -0.494 e. The molecule has 30 heavy (non-hydrogen) atoms. The van der Waals surface area contributed by atoms with Crippen molar-refractivity contribution in [2.24, 2.45) is 0 Å². The molecule has 4 rings (SSSR count). The molecule has 8 nitrogen and oxygen atoms in total.